The molecule has 0 spiro atoms. The van der Waals surface area contributed by atoms with Gasteiger partial charge in [0.05, 0.1) is 6.54 Å². The lowest BCUT2D eigenvalue weighted by Gasteiger charge is -2.01. The van der Waals surface area contributed by atoms with Crippen LogP contribution in [0.2, 0.25) is 0 Å². The summed E-state index contributed by atoms with van der Waals surface area (Å²) in [5.41, 5.74) is 0. The van der Waals surface area contributed by atoms with Crippen LogP contribution in [0.15, 0.2) is 0 Å². The molecule has 0 radical (unpaired) electrons. The van der Waals surface area contributed by atoms with Crippen molar-refractivity contribution in [2.24, 2.45) is 0 Å². The number of nitrogens with one attached hydrogen (secondary N) is 1. The highest BCUT2D eigenvalue weighted by Crippen LogP contribution is 2.39. The molecular weight excluding hydrogens is 262 g/mol. The van der Waals surface area contributed by atoms with Gasteiger partial charge in [-0.15, -0.1) is 10.2 Å². The Hall–Kier alpha value is -1.50. The Bertz CT molecular complexity index is 586. The lowest BCUT2D eigenvalue weighted by atomic mass is 10.2. The average molecular weight is 279 g/mol. The van der Waals surface area contributed by atoms with Gasteiger partial charge in [0, 0.05) is 12.3 Å². The van der Waals surface area contributed by atoms with Crippen molar-refractivity contribution in [1.29, 1.82) is 0 Å². The molecule has 3 rings (SSSR count). The molecule has 1 fully saturated rings. The number of rotatable bonds is 6. The van der Waals surface area contributed by atoms with Gasteiger partial charge in [-0.25, -0.2) is 0 Å². The molecule has 0 atom stereocenters. The number of carbonyl (C=O) groups excluding carboxylic acids is 1. The molecule has 1 amide bonds. The summed E-state index contributed by atoms with van der Waals surface area (Å²) in [5, 5.41) is 16.6. The minimum absolute atomic E-state index is 0.0928. The number of fused-ring (bicyclic) bond motifs is 1. The molecule has 1 N–H and O–H groups in total. The van der Waals surface area contributed by atoms with E-state index in [2.05, 4.69) is 27.5 Å². The smallest absolute Gasteiger partial charge is 0.234 e. The van der Waals surface area contributed by atoms with Crippen molar-refractivity contribution in [3.63, 3.8) is 0 Å². The van der Waals surface area contributed by atoms with E-state index in [4.69, 9.17) is 0 Å². The minimum atomic E-state index is 0.0928. The Morgan fingerprint density at radius 2 is 2.32 bits per heavy atom. The first-order valence-corrected chi connectivity index (χ1v) is 7.57. The second kappa shape index (κ2) is 5.24. The van der Waals surface area contributed by atoms with Gasteiger partial charge in [-0.05, 0) is 19.3 Å². The van der Waals surface area contributed by atoms with Crippen LogP contribution in [0.3, 0.4) is 0 Å². The summed E-state index contributed by atoms with van der Waals surface area (Å²) < 4.78 is 1.83. The van der Waals surface area contributed by atoms with Crippen LogP contribution in [0.5, 0.6) is 0 Å². The summed E-state index contributed by atoms with van der Waals surface area (Å²) in [6.07, 6.45) is 4.92. The Kier molecular flexibility index (Phi) is 3.46. The molecule has 0 aliphatic heterocycles. The minimum Gasteiger partial charge on any atom is -0.350 e. The van der Waals surface area contributed by atoms with Crippen LogP contribution < -0.4 is 5.32 Å². The molecule has 19 heavy (non-hydrogen) atoms. The zero-order valence-electron chi connectivity index (χ0n) is 10.9. The summed E-state index contributed by atoms with van der Waals surface area (Å²) in [7, 11) is 0. The van der Waals surface area contributed by atoms with Crippen LogP contribution in [-0.4, -0.2) is 25.7 Å². The van der Waals surface area contributed by atoms with Crippen molar-refractivity contribution >= 4 is 22.2 Å². The zero-order chi connectivity index (χ0) is 13.2. The molecule has 1 aliphatic rings. The summed E-state index contributed by atoms with van der Waals surface area (Å²) in [4.78, 5) is 12.4. The van der Waals surface area contributed by atoms with E-state index < -0.39 is 0 Å². The topological polar surface area (TPSA) is 72.2 Å². The SMILES string of the molecule is CCCCC(=O)NCc1nn2c(C3CC3)nnc2s1. The molecule has 2 aromatic heterocycles. The third kappa shape index (κ3) is 2.75. The Balaban J connectivity index is 1.63. The lowest BCUT2D eigenvalue weighted by molar-refractivity contribution is -0.121. The number of unbranched alkanes of at least 4 members (excludes halogenated alkanes) is 1. The number of hydrogen-bond acceptors (Lipinski definition) is 5. The van der Waals surface area contributed by atoms with Gasteiger partial charge < -0.3 is 5.32 Å². The van der Waals surface area contributed by atoms with E-state index in [1.54, 1.807) is 0 Å². The molecule has 2 aromatic rings. The molecule has 2 heterocycles. The van der Waals surface area contributed by atoms with Crippen LogP contribution in [-0.2, 0) is 11.3 Å². The van der Waals surface area contributed by atoms with E-state index in [1.807, 2.05) is 4.52 Å². The highest BCUT2D eigenvalue weighted by Gasteiger charge is 2.29. The molecule has 1 aliphatic carbocycles. The van der Waals surface area contributed by atoms with Gasteiger partial charge in [0.15, 0.2) is 5.82 Å². The quantitative estimate of drug-likeness (QED) is 0.876. The van der Waals surface area contributed by atoms with Crippen molar-refractivity contribution in [3.05, 3.63) is 10.8 Å². The first-order chi connectivity index (χ1) is 9.28. The standard InChI is InChI=1S/C12H17N5OS/c1-2-3-4-9(18)13-7-10-16-17-11(8-5-6-8)14-15-12(17)19-10/h8H,2-7H2,1H3,(H,13,18). The van der Waals surface area contributed by atoms with Crippen LogP contribution >= 0.6 is 11.3 Å². The van der Waals surface area contributed by atoms with E-state index in [0.717, 1.165) is 28.6 Å². The number of nitrogens with zero attached hydrogens (tertiary/aromatic N) is 4. The second-order valence-electron chi connectivity index (χ2n) is 4.90. The third-order valence-electron chi connectivity index (χ3n) is 3.19. The van der Waals surface area contributed by atoms with Crippen molar-refractivity contribution in [1.82, 2.24) is 25.1 Å². The van der Waals surface area contributed by atoms with Gasteiger partial charge in [0.1, 0.15) is 5.01 Å². The van der Waals surface area contributed by atoms with E-state index in [9.17, 15) is 4.79 Å². The summed E-state index contributed by atoms with van der Waals surface area (Å²) in [6.45, 7) is 2.57. The Morgan fingerprint density at radius 1 is 1.47 bits per heavy atom. The third-order valence-corrected chi connectivity index (χ3v) is 4.09. The van der Waals surface area contributed by atoms with E-state index in [-0.39, 0.29) is 5.91 Å². The summed E-state index contributed by atoms with van der Waals surface area (Å²) in [6, 6.07) is 0. The lowest BCUT2D eigenvalue weighted by Crippen LogP contribution is -2.22. The monoisotopic (exact) mass is 279 g/mol. The number of aromatic nitrogens is 4. The second-order valence-corrected chi connectivity index (χ2v) is 5.94. The average Bonchev–Trinajstić information content (AvgIpc) is 3.04. The van der Waals surface area contributed by atoms with E-state index in [0.29, 0.717) is 18.9 Å². The Morgan fingerprint density at radius 3 is 3.05 bits per heavy atom. The van der Waals surface area contributed by atoms with Gasteiger partial charge in [-0.3, -0.25) is 4.79 Å². The van der Waals surface area contributed by atoms with Crippen molar-refractivity contribution in [3.8, 4) is 0 Å². The maximum Gasteiger partial charge on any atom is 0.234 e. The van der Waals surface area contributed by atoms with Crippen LogP contribution in [0.25, 0.3) is 4.96 Å². The molecule has 6 nitrogen and oxygen atoms in total. The van der Waals surface area contributed by atoms with Crippen molar-refractivity contribution in [2.75, 3.05) is 0 Å². The van der Waals surface area contributed by atoms with Gasteiger partial charge in [-0.2, -0.15) is 9.61 Å². The van der Waals surface area contributed by atoms with Crippen LogP contribution in [0, 0.1) is 0 Å². The summed E-state index contributed by atoms with van der Waals surface area (Å²) >= 11 is 1.49. The zero-order valence-corrected chi connectivity index (χ0v) is 11.7. The van der Waals surface area contributed by atoms with Gasteiger partial charge in [-0.1, -0.05) is 24.7 Å². The fourth-order valence-corrected chi connectivity index (χ4v) is 2.72. The first kappa shape index (κ1) is 12.5. The Labute approximate surface area is 115 Å². The molecule has 7 heteroatoms. The van der Waals surface area contributed by atoms with Crippen molar-refractivity contribution in [2.45, 2.75) is 51.5 Å². The highest BCUT2D eigenvalue weighted by molar-refractivity contribution is 7.16. The maximum atomic E-state index is 11.5. The van der Waals surface area contributed by atoms with Gasteiger partial charge in [0.2, 0.25) is 10.9 Å². The fourth-order valence-electron chi connectivity index (χ4n) is 1.94. The van der Waals surface area contributed by atoms with Gasteiger partial charge >= 0.3 is 0 Å². The molecule has 0 bridgehead atoms. The summed E-state index contributed by atoms with van der Waals surface area (Å²) in [5.74, 6) is 1.59. The molecule has 1 saturated carbocycles. The number of amides is 1. The molecule has 0 aromatic carbocycles. The fraction of sp³-hybridized carbons (Fsp3) is 0.667. The maximum absolute atomic E-state index is 11.5. The largest absolute Gasteiger partial charge is 0.350 e. The molecule has 0 unspecified atom stereocenters. The predicted molar refractivity (Wildman–Crippen MR) is 72.0 cm³/mol. The molecule has 102 valence electrons. The number of carbonyl (C=O) groups is 1. The highest BCUT2D eigenvalue weighted by atomic mass is 32.1. The normalized spacial score (nSPS) is 15.0. The molecular formula is C12H17N5OS. The van der Waals surface area contributed by atoms with E-state index >= 15 is 0 Å². The van der Waals surface area contributed by atoms with Crippen LogP contribution in [0.4, 0.5) is 0 Å². The van der Waals surface area contributed by atoms with E-state index in [1.165, 1.54) is 24.2 Å². The predicted octanol–water partition coefficient (Wildman–Crippen LogP) is 1.87. The molecule has 0 saturated heterocycles. The number of hydrogen-bond donors (Lipinski definition) is 1. The van der Waals surface area contributed by atoms with Crippen LogP contribution in [0.1, 0.15) is 55.8 Å². The van der Waals surface area contributed by atoms with Crippen molar-refractivity contribution < 1.29 is 4.79 Å². The van der Waals surface area contributed by atoms with Gasteiger partial charge in [0.25, 0.3) is 0 Å². The first-order valence-electron chi connectivity index (χ1n) is 6.75.